The molecule has 0 saturated carbocycles. The van der Waals surface area contributed by atoms with Crippen molar-refractivity contribution in [2.24, 2.45) is 35.5 Å². The molecular formula is C109H174N16O23. The van der Waals surface area contributed by atoms with Gasteiger partial charge in [0, 0.05) is 275 Å². The number of ether oxygens (including phenoxy) is 8. The molecule has 4 aromatic carbocycles. The Balaban J connectivity index is 0.00000117. The van der Waals surface area contributed by atoms with E-state index in [0.717, 1.165) is 38.9 Å². The van der Waals surface area contributed by atoms with Crippen LogP contribution in [-0.2, 0) is 120 Å². The van der Waals surface area contributed by atoms with Gasteiger partial charge in [0.25, 0.3) is 11.8 Å². The highest BCUT2D eigenvalue weighted by Gasteiger charge is 2.32. The fourth-order valence-corrected chi connectivity index (χ4v) is 15.8. The van der Waals surface area contributed by atoms with Gasteiger partial charge >= 0.3 is 42.7 Å². The van der Waals surface area contributed by atoms with Crippen LogP contribution in [0, 0.1) is 63.2 Å². The van der Waals surface area contributed by atoms with Gasteiger partial charge in [0.2, 0.25) is 35.4 Å². The van der Waals surface area contributed by atoms with E-state index in [1.165, 1.54) is 75.0 Å². The van der Waals surface area contributed by atoms with E-state index in [1.54, 1.807) is 183 Å². The summed E-state index contributed by atoms with van der Waals surface area (Å²) in [5, 5.41) is 0. The van der Waals surface area contributed by atoms with Gasteiger partial charge in [-0.2, -0.15) is 0 Å². The molecular weight excluding hydrogens is 1900 g/mol. The molecule has 148 heavy (non-hydrogen) atoms. The van der Waals surface area contributed by atoms with Crippen molar-refractivity contribution in [2.75, 3.05) is 217 Å². The Labute approximate surface area is 879 Å². The summed E-state index contributed by atoms with van der Waals surface area (Å²) in [5.74, 6) is -1.91. The zero-order valence-electron chi connectivity index (χ0n) is 95.5. The van der Waals surface area contributed by atoms with Crippen molar-refractivity contribution in [1.29, 1.82) is 0 Å². The number of rotatable bonds is 52. The first-order valence-electron chi connectivity index (χ1n) is 50.6. The van der Waals surface area contributed by atoms with Gasteiger partial charge in [-0.05, 0) is 79.5 Å². The minimum atomic E-state index is -0.699. The molecule has 4 aromatic rings. The Morgan fingerprint density at radius 3 is 0.500 bits per heavy atom. The number of carbonyl (C=O) groups excluding carboxylic acids is 15. The highest BCUT2D eigenvalue weighted by molar-refractivity contribution is 5.98. The molecule has 39 heteroatoms. The fraction of sp³-hybridized carbons (Fsp3) is 0.624. The second-order valence-electron chi connectivity index (χ2n) is 41.1. The zero-order valence-corrected chi connectivity index (χ0v) is 95.5. The molecule has 0 spiro atoms. The molecule has 828 valence electrons. The number of carbonyl (C=O) groups is 15. The lowest BCUT2D eigenvalue weighted by Crippen LogP contribution is -2.39. The fourth-order valence-electron chi connectivity index (χ4n) is 15.8. The van der Waals surface area contributed by atoms with Gasteiger partial charge in [0.15, 0.2) is 5.88 Å². The highest BCUT2D eigenvalue weighted by Crippen LogP contribution is 2.32. The average molecular weight is 2080 g/mol. The number of benzene rings is 4. The van der Waals surface area contributed by atoms with Crippen molar-refractivity contribution < 1.29 is 110 Å². The predicted molar refractivity (Wildman–Crippen MR) is 568 cm³/mol. The third-order valence-electron chi connectivity index (χ3n) is 25.0. The maximum absolute atomic E-state index is 14.8. The molecule has 0 fully saturated rings. The van der Waals surface area contributed by atoms with Crippen molar-refractivity contribution in [3.8, 4) is 0 Å². The van der Waals surface area contributed by atoms with Gasteiger partial charge < -0.3 is 116 Å². The van der Waals surface area contributed by atoms with Crippen LogP contribution in [-0.4, -0.2) is 386 Å². The molecule has 0 aliphatic heterocycles. The first-order chi connectivity index (χ1) is 69.0. The molecule has 0 bridgehead atoms. The number of hydrogen-bond acceptors (Lipinski definition) is 24. The van der Waals surface area contributed by atoms with E-state index in [-0.39, 0.29) is 212 Å². The molecule has 15 amide bonds. The average Bonchev–Trinajstić information content (AvgIpc) is 0.800. The van der Waals surface area contributed by atoms with Gasteiger partial charge in [0.05, 0.1) is 11.1 Å². The van der Waals surface area contributed by atoms with Crippen LogP contribution in [0.5, 0.6) is 0 Å². The van der Waals surface area contributed by atoms with Crippen LogP contribution < -0.4 is 0 Å². The van der Waals surface area contributed by atoms with Gasteiger partial charge in [0.1, 0.15) is 52.9 Å². The van der Waals surface area contributed by atoms with Crippen molar-refractivity contribution in [1.82, 2.24) is 78.4 Å². The molecule has 0 atom stereocenters. The Kier molecular flexibility index (Phi) is 54.3. The SMILES string of the molecule is C=C(OCc1cc(C)cc(COC(=O)N(C)CCN(C)C(=O)C(C)C)c1C(=O)N(C)CCN(C)C(=O)OCc1cc(C)cc(COC(=O)N(C)CCN(C)C(=O)c2c(COC(=O)N(C)CCN(C)C(=O)C(C)C)cc(C)cc2COC(=O)N(C)CCN(C)C(=O)C(C)C)c1C(C)C)N(C)CCN(C)C(=O)C(C)C.Cc1cc(COC(=O)N(C)CCN(C)C(=O)C(C)C)c(C(C)C)c(COC(=O)N(C)CCN(C)C(=O)C(C)C)c1. The summed E-state index contributed by atoms with van der Waals surface area (Å²) in [7, 11) is 26.1. The van der Waals surface area contributed by atoms with Gasteiger partial charge in [-0.1, -0.05) is 182 Å². The van der Waals surface area contributed by atoms with Crippen LogP contribution in [0.1, 0.15) is 221 Å². The number of aryl methyl sites for hydroxylation is 4. The highest BCUT2D eigenvalue weighted by atomic mass is 16.6. The normalized spacial score (nSPS) is 11.1. The van der Waals surface area contributed by atoms with Crippen LogP contribution >= 0.6 is 0 Å². The molecule has 0 radical (unpaired) electrons. The van der Waals surface area contributed by atoms with Gasteiger partial charge in [-0.15, -0.1) is 0 Å². The topological polar surface area (TPSA) is 382 Å². The third-order valence-corrected chi connectivity index (χ3v) is 25.0. The minimum Gasteiger partial charge on any atom is -0.475 e. The summed E-state index contributed by atoms with van der Waals surface area (Å²) in [6, 6.07) is 14.7. The van der Waals surface area contributed by atoms with E-state index < -0.39 is 54.5 Å². The van der Waals surface area contributed by atoms with Crippen LogP contribution in [0.2, 0.25) is 0 Å². The van der Waals surface area contributed by atoms with Crippen molar-refractivity contribution in [3.63, 3.8) is 0 Å². The molecule has 39 nitrogen and oxygen atoms in total. The molecule has 0 unspecified atom stereocenters. The largest absolute Gasteiger partial charge is 0.475 e. The van der Waals surface area contributed by atoms with Gasteiger partial charge in [-0.3, -0.25) is 38.4 Å². The molecule has 0 saturated heterocycles. The Morgan fingerprint density at radius 1 is 0.203 bits per heavy atom. The zero-order chi connectivity index (χ0) is 113. The lowest BCUT2D eigenvalue weighted by molar-refractivity contribution is -0.134. The Hall–Kier alpha value is -13.1. The summed E-state index contributed by atoms with van der Waals surface area (Å²) in [6.07, 6.45) is -4.37. The summed E-state index contributed by atoms with van der Waals surface area (Å²) in [5.41, 5.74) is 9.98. The molecule has 0 aliphatic rings. The summed E-state index contributed by atoms with van der Waals surface area (Å²) < 4.78 is 46.6. The number of amides is 15. The second-order valence-corrected chi connectivity index (χ2v) is 41.1. The molecule has 0 heterocycles. The standard InChI is InChI=1S/C79H124N12O17.C30H50N4O6/c1-51(2)66-60(46-104-75(98)90(25)37-32-85(20)73(96)67-62(45-103-59(14)80(15)27-28-81(16)69(92)52(3)4)41-57(12)42-63(67)48-106-77(100)87(22)34-29-82(17)70(93)53(5)6)39-56(11)40-61(66)47-105-76(99)91(26)38-33-86(21)74(97)68-64(49-107-78(101)88(23)35-30-83(18)71(94)54(7)8)43-58(13)44-65(68)50-108-79(102)89(24)36-31-84(19)72(95)55(9)10;1-20(2)26-24(18-39-29(37)33(10)14-12-31(8)27(35)21(3)4)16-23(7)17-25(26)19-40-30(38)34(11)15-13-32(9)28(36)22(5)6/h39-44,51-55H,14,27-38,45-50H2,1-13,15-26H3;16-17,20-22H,12-15,18-19H2,1-11H3. The Morgan fingerprint density at radius 2 is 0.338 bits per heavy atom. The smallest absolute Gasteiger partial charge is 0.409 e. The van der Waals surface area contributed by atoms with Crippen LogP contribution in [0.25, 0.3) is 0 Å². The number of nitrogens with zero attached hydrogens (tertiary/aromatic N) is 16. The predicted octanol–water partition coefficient (Wildman–Crippen LogP) is 14.0. The summed E-state index contributed by atoms with van der Waals surface area (Å²) in [6.45, 7) is 44.1. The first-order valence-corrected chi connectivity index (χ1v) is 50.6. The second kappa shape index (κ2) is 62.2. The van der Waals surface area contributed by atoms with E-state index in [4.69, 9.17) is 37.9 Å². The third kappa shape index (κ3) is 41.9. The lowest BCUT2D eigenvalue weighted by Gasteiger charge is -2.27. The van der Waals surface area contributed by atoms with Crippen molar-refractivity contribution >= 4 is 89.9 Å². The van der Waals surface area contributed by atoms with Gasteiger partial charge in [-0.25, -0.2) is 33.6 Å². The monoisotopic (exact) mass is 2080 g/mol. The van der Waals surface area contributed by atoms with E-state index in [2.05, 4.69) is 6.58 Å². The molecule has 0 aromatic heterocycles. The Bertz CT molecular complexity index is 4710. The minimum absolute atomic E-state index is 0.00186. The lowest BCUT2D eigenvalue weighted by atomic mass is 9.90. The maximum atomic E-state index is 14.8. The molecule has 0 aliphatic carbocycles. The van der Waals surface area contributed by atoms with Crippen molar-refractivity contribution in [2.45, 2.75) is 203 Å². The van der Waals surface area contributed by atoms with Crippen LogP contribution in [0.15, 0.2) is 61.0 Å². The van der Waals surface area contributed by atoms with Crippen molar-refractivity contribution in [3.05, 3.63) is 150 Å². The first kappa shape index (κ1) is 129. The number of hydrogen-bond donors (Lipinski definition) is 0. The van der Waals surface area contributed by atoms with E-state index in [0.29, 0.717) is 84.1 Å². The van der Waals surface area contributed by atoms with Crippen LogP contribution in [0.4, 0.5) is 33.6 Å². The van der Waals surface area contributed by atoms with E-state index in [9.17, 15) is 71.9 Å². The van der Waals surface area contributed by atoms with E-state index >= 15 is 0 Å². The molecule has 4 rings (SSSR count). The van der Waals surface area contributed by atoms with E-state index in [1.807, 2.05) is 120 Å². The summed E-state index contributed by atoms with van der Waals surface area (Å²) >= 11 is 0. The van der Waals surface area contributed by atoms with Crippen LogP contribution in [0.3, 0.4) is 0 Å². The maximum Gasteiger partial charge on any atom is 0.409 e. The summed E-state index contributed by atoms with van der Waals surface area (Å²) in [4.78, 5) is 221. The molecule has 0 N–H and O–H groups in total. The number of likely N-dealkylation sites (N-methyl/N-ethyl adjacent to an activating group) is 16. The quantitative estimate of drug-likeness (QED) is 0.0293.